The third-order valence-corrected chi connectivity index (χ3v) is 4.97. The molecule has 0 bridgehead atoms. The number of rotatable bonds is 6. The smallest absolute Gasteiger partial charge is 0.252 e. The Morgan fingerprint density at radius 1 is 1.35 bits per heavy atom. The second kappa shape index (κ2) is 7.11. The van der Waals surface area contributed by atoms with Crippen LogP contribution >= 0.6 is 0 Å². The van der Waals surface area contributed by atoms with Gasteiger partial charge in [0.05, 0.1) is 30.1 Å². The van der Waals surface area contributed by atoms with Crippen molar-refractivity contribution in [2.75, 3.05) is 19.9 Å². The van der Waals surface area contributed by atoms with Crippen molar-refractivity contribution < 1.29 is 18.0 Å². The van der Waals surface area contributed by atoms with Crippen LogP contribution in [0, 0.1) is 12.7 Å². The van der Waals surface area contributed by atoms with Gasteiger partial charge in [0.2, 0.25) is 0 Å². The maximum absolute atomic E-state index is 13.6. The van der Waals surface area contributed by atoms with Gasteiger partial charge in [0.15, 0.2) is 0 Å². The van der Waals surface area contributed by atoms with Crippen LogP contribution in [0.2, 0.25) is 0 Å². The molecule has 0 unspecified atom stereocenters. The average Bonchev–Trinajstić information content (AvgIpc) is 2.99. The fourth-order valence-electron chi connectivity index (χ4n) is 3.62. The zero-order valence-electron chi connectivity index (χ0n) is 14.5. The number of nitrogens with one attached hydrogen (secondary N) is 1. The van der Waals surface area contributed by atoms with Gasteiger partial charge in [-0.15, -0.1) is 0 Å². The molecule has 1 aromatic heterocycles. The lowest BCUT2D eigenvalue weighted by Gasteiger charge is -2.38. The maximum atomic E-state index is 13.6. The van der Waals surface area contributed by atoms with E-state index in [1.54, 1.807) is 17.7 Å². The summed E-state index contributed by atoms with van der Waals surface area (Å²) in [6, 6.07) is 4.39. The Kier molecular flexibility index (Phi) is 5.04. The second-order valence-corrected chi connectivity index (χ2v) is 6.62. The number of primary amides is 1. The van der Waals surface area contributed by atoms with Gasteiger partial charge >= 0.3 is 0 Å². The largest absolute Gasteiger partial charge is 0.365 e. The monoisotopic (exact) mass is 366 g/mol. The van der Waals surface area contributed by atoms with E-state index in [1.807, 2.05) is 0 Å². The molecule has 0 spiro atoms. The van der Waals surface area contributed by atoms with Crippen molar-refractivity contribution in [3.8, 4) is 11.3 Å². The van der Waals surface area contributed by atoms with Crippen LogP contribution in [0.1, 0.15) is 34.5 Å². The summed E-state index contributed by atoms with van der Waals surface area (Å²) in [6.45, 7) is 0.980. The maximum Gasteiger partial charge on any atom is 0.252 e. The van der Waals surface area contributed by atoms with Gasteiger partial charge in [0.25, 0.3) is 5.91 Å². The number of carbonyl (C=O) groups is 1. The minimum atomic E-state index is -0.908. The summed E-state index contributed by atoms with van der Waals surface area (Å²) in [5, 5.41) is 7.64. The van der Waals surface area contributed by atoms with Crippen LogP contribution in [0.4, 0.5) is 13.2 Å². The number of nitrogens with zero attached hydrogens (tertiary/aromatic N) is 2. The topological polar surface area (TPSA) is 72.9 Å². The van der Waals surface area contributed by atoms with E-state index in [1.165, 1.54) is 12.1 Å². The number of carbonyl (C=O) groups excluding carboxylic acids is 1. The van der Waals surface area contributed by atoms with Gasteiger partial charge < -0.3 is 11.1 Å². The molecule has 0 saturated heterocycles. The van der Waals surface area contributed by atoms with Crippen LogP contribution in [0.5, 0.6) is 0 Å². The minimum Gasteiger partial charge on any atom is -0.365 e. The van der Waals surface area contributed by atoms with E-state index in [9.17, 15) is 18.0 Å². The van der Waals surface area contributed by atoms with Gasteiger partial charge in [-0.1, -0.05) is 0 Å². The summed E-state index contributed by atoms with van der Waals surface area (Å²) in [6.07, 6.45) is 0.136. The molecule has 0 atom stereocenters. The predicted molar refractivity (Wildman–Crippen MR) is 91.7 cm³/mol. The van der Waals surface area contributed by atoms with E-state index in [0.29, 0.717) is 35.6 Å². The van der Waals surface area contributed by atoms with Crippen molar-refractivity contribution in [2.45, 2.75) is 31.8 Å². The minimum absolute atomic E-state index is 0.0681. The number of fused-ring (bicyclic) bond motifs is 1. The van der Waals surface area contributed by atoms with Gasteiger partial charge in [-0.3, -0.25) is 18.3 Å². The van der Waals surface area contributed by atoms with Crippen LogP contribution in [-0.4, -0.2) is 35.6 Å². The molecule has 0 saturated carbocycles. The molecule has 5 nitrogen and oxygen atoms in total. The van der Waals surface area contributed by atoms with E-state index < -0.39 is 24.8 Å². The van der Waals surface area contributed by atoms with Crippen molar-refractivity contribution in [1.82, 2.24) is 15.1 Å². The Hall–Kier alpha value is -2.35. The molecule has 0 radical (unpaired) electrons. The first kappa shape index (κ1) is 18.4. The molecule has 1 amide bonds. The van der Waals surface area contributed by atoms with Crippen LogP contribution in [0.15, 0.2) is 18.2 Å². The molecule has 1 aromatic carbocycles. The molecule has 3 N–H and O–H groups in total. The van der Waals surface area contributed by atoms with Crippen LogP contribution in [-0.2, 0) is 12.1 Å². The van der Waals surface area contributed by atoms with Gasteiger partial charge in [-0.05, 0) is 30.7 Å². The fourth-order valence-corrected chi connectivity index (χ4v) is 3.62. The number of benzene rings is 1. The lowest BCUT2D eigenvalue weighted by molar-refractivity contribution is 0.0997. The zero-order valence-corrected chi connectivity index (χ0v) is 14.5. The predicted octanol–water partition coefficient (Wildman–Crippen LogP) is 2.61. The van der Waals surface area contributed by atoms with Crippen molar-refractivity contribution in [1.29, 1.82) is 0 Å². The number of halogens is 3. The first-order valence-corrected chi connectivity index (χ1v) is 8.45. The molecule has 0 aliphatic carbocycles. The molecule has 2 aromatic rings. The molecule has 2 heterocycles. The molecule has 3 rings (SSSR count). The Balaban J connectivity index is 2.23. The molecule has 26 heavy (non-hydrogen) atoms. The first-order chi connectivity index (χ1) is 12.4. The molecule has 8 heteroatoms. The SMILES string of the molecule is Cc1cc(-c2nn3c(c2C(N)=O)CNCC3(CCF)CCF)ccc1F. The molecule has 140 valence electrons. The zero-order chi connectivity index (χ0) is 18.9. The summed E-state index contributed by atoms with van der Waals surface area (Å²) >= 11 is 0. The van der Waals surface area contributed by atoms with Crippen molar-refractivity contribution >= 4 is 5.91 Å². The lowest BCUT2D eigenvalue weighted by Crippen LogP contribution is -2.50. The van der Waals surface area contributed by atoms with Gasteiger partial charge in [-0.25, -0.2) is 4.39 Å². The summed E-state index contributed by atoms with van der Waals surface area (Å²) < 4.78 is 41.6. The van der Waals surface area contributed by atoms with E-state index in [2.05, 4.69) is 10.4 Å². The number of nitrogens with two attached hydrogens (primary N) is 1. The highest BCUT2D eigenvalue weighted by Gasteiger charge is 2.40. The molecule has 1 aliphatic heterocycles. The number of aryl methyl sites for hydroxylation is 1. The van der Waals surface area contributed by atoms with Crippen molar-refractivity contribution in [2.24, 2.45) is 5.73 Å². The standard InChI is InChI=1S/C18H21F3N4O/c1-11-8-12(2-3-13(11)21)16-15(17(22)26)14-9-23-10-18(4-6-19,5-7-20)25(14)24-16/h2-3,8,23H,4-7,9-10H2,1H3,(H2,22,26). The summed E-state index contributed by atoms with van der Waals surface area (Å²) in [7, 11) is 0. The Morgan fingerprint density at radius 2 is 2.04 bits per heavy atom. The van der Waals surface area contributed by atoms with Gasteiger partial charge in [-0.2, -0.15) is 5.10 Å². The van der Waals surface area contributed by atoms with E-state index >= 15 is 0 Å². The Morgan fingerprint density at radius 3 is 2.62 bits per heavy atom. The number of hydrogen-bond acceptors (Lipinski definition) is 3. The highest BCUT2D eigenvalue weighted by Crippen LogP contribution is 2.35. The third-order valence-electron chi connectivity index (χ3n) is 4.97. The van der Waals surface area contributed by atoms with Crippen LogP contribution < -0.4 is 11.1 Å². The van der Waals surface area contributed by atoms with Crippen LogP contribution in [0.25, 0.3) is 11.3 Å². The highest BCUT2D eigenvalue weighted by atomic mass is 19.1. The van der Waals surface area contributed by atoms with Gasteiger partial charge in [0, 0.05) is 31.5 Å². The lowest BCUT2D eigenvalue weighted by atomic mass is 9.89. The summed E-state index contributed by atoms with van der Waals surface area (Å²) in [5.41, 5.74) is 6.62. The van der Waals surface area contributed by atoms with E-state index in [4.69, 9.17) is 5.73 Å². The Bertz CT molecular complexity index is 828. The molecule has 0 fully saturated rings. The highest BCUT2D eigenvalue weighted by molar-refractivity contribution is 6.00. The second-order valence-electron chi connectivity index (χ2n) is 6.62. The number of aromatic nitrogens is 2. The number of amides is 1. The van der Waals surface area contributed by atoms with E-state index in [-0.39, 0.29) is 24.2 Å². The molecular formula is C18H21F3N4O. The van der Waals surface area contributed by atoms with Gasteiger partial charge in [0.1, 0.15) is 11.5 Å². The van der Waals surface area contributed by atoms with Crippen molar-refractivity contribution in [3.05, 3.63) is 40.8 Å². The number of hydrogen-bond donors (Lipinski definition) is 2. The summed E-state index contributed by atoms with van der Waals surface area (Å²) in [5.74, 6) is -1.05. The van der Waals surface area contributed by atoms with Crippen LogP contribution in [0.3, 0.4) is 0 Å². The number of alkyl halides is 2. The molecule has 1 aliphatic rings. The average molecular weight is 366 g/mol. The molecular weight excluding hydrogens is 345 g/mol. The quantitative estimate of drug-likeness (QED) is 0.825. The fraction of sp³-hybridized carbons (Fsp3) is 0.444. The van der Waals surface area contributed by atoms with Crippen molar-refractivity contribution in [3.63, 3.8) is 0 Å². The third kappa shape index (κ3) is 2.98. The van der Waals surface area contributed by atoms with E-state index in [0.717, 1.165) is 0 Å². The Labute approximate surface area is 149 Å². The normalized spacial score (nSPS) is 15.7. The first-order valence-electron chi connectivity index (χ1n) is 8.45. The summed E-state index contributed by atoms with van der Waals surface area (Å²) in [4.78, 5) is 12.1.